The van der Waals surface area contributed by atoms with Crippen LogP contribution in [0.1, 0.15) is 142 Å². The van der Waals surface area contributed by atoms with E-state index in [9.17, 15) is 30.3 Å². The number of aliphatic hydroxyl groups is 5. The molecule has 0 saturated carbocycles. The highest BCUT2D eigenvalue weighted by molar-refractivity contribution is 5.76. The maximum atomic E-state index is 12.4. The highest BCUT2D eigenvalue weighted by atomic mass is 16.6. The number of rotatable bonds is 27. The normalized spacial score (nSPS) is 22.8. The number of allylic oxidation sites excluding steroid dienone is 3. The molecule has 0 aromatic heterocycles. The summed E-state index contributed by atoms with van der Waals surface area (Å²) in [5, 5.41) is 53.6. The van der Waals surface area contributed by atoms with Crippen molar-refractivity contribution in [1.82, 2.24) is 5.32 Å². The Hall–Kier alpha value is -1.55. The highest BCUT2D eigenvalue weighted by Gasteiger charge is 2.35. The fourth-order valence-corrected chi connectivity index (χ4v) is 5.74. The zero-order valence-corrected chi connectivity index (χ0v) is 28.4. The Morgan fingerprint density at radius 3 is 2.11 bits per heavy atom. The van der Waals surface area contributed by atoms with Gasteiger partial charge in [0.2, 0.25) is 5.91 Å². The molecule has 1 fully saturated rings. The fraction of sp³-hybridized carbons (Fsp3) is 0.811. The molecule has 0 radical (unpaired) electrons. The summed E-state index contributed by atoms with van der Waals surface area (Å²) in [7, 11) is 0. The van der Waals surface area contributed by atoms with Crippen LogP contribution in [0, 0.1) is 5.92 Å². The lowest BCUT2D eigenvalue weighted by Gasteiger charge is -2.36. The van der Waals surface area contributed by atoms with Crippen molar-refractivity contribution < 1.29 is 35.1 Å². The zero-order valence-electron chi connectivity index (χ0n) is 28.4. The Balaban J connectivity index is 2.29. The molecule has 45 heavy (non-hydrogen) atoms. The number of carbonyl (C=O) groups is 1. The van der Waals surface area contributed by atoms with Gasteiger partial charge in [-0.05, 0) is 38.5 Å². The molecule has 7 atom stereocenters. The monoisotopic (exact) mass is 637 g/mol. The van der Waals surface area contributed by atoms with Crippen LogP contribution in [0.5, 0.6) is 0 Å². The van der Waals surface area contributed by atoms with E-state index in [1.807, 2.05) is 18.2 Å². The maximum Gasteiger partial charge on any atom is 0.220 e. The lowest BCUT2D eigenvalue weighted by molar-refractivity contribution is -0.199. The summed E-state index contributed by atoms with van der Waals surface area (Å²) < 4.78 is 5.65. The quantitative estimate of drug-likeness (QED) is 0.0453. The molecule has 1 amide bonds. The van der Waals surface area contributed by atoms with E-state index in [2.05, 4.69) is 19.2 Å². The van der Waals surface area contributed by atoms with Gasteiger partial charge in [0.15, 0.2) is 6.29 Å². The summed E-state index contributed by atoms with van der Waals surface area (Å²) in [5.74, 6) is -0.450. The molecular weight excluding hydrogens is 570 g/mol. The SMILES string of the molecule is CCCCCCCCCCCC/C=C/[C@@H](O)[C@H](CO)NC(=O)CCC/C=C\C[C@H]1[C@@H](O)CC(O)O[C@@H]1/C=C/[C@@H](O)CCCCC. The number of ether oxygens (including phenoxy) is 1. The molecule has 0 aromatic carbocycles. The minimum absolute atomic E-state index is 0.147. The van der Waals surface area contributed by atoms with Crippen LogP contribution in [0.15, 0.2) is 36.5 Å². The highest BCUT2D eigenvalue weighted by Crippen LogP contribution is 2.29. The zero-order chi connectivity index (χ0) is 33.1. The second kappa shape index (κ2) is 27.6. The number of hydrogen-bond donors (Lipinski definition) is 6. The first kappa shape index (κ1) is 41.5. The summed E-state index contributed by atoms with van der Waals surface area (Å²) in [4.78, 5) is 12.4. The van der Waals surface area contributed by atoms with Crippen LogP contribution in [0.25, 0.3) is 0 Å². The van der Waals surface area contributed by atoms with Crippen molar-refractivity contribution in [3.05, 3.63) is 36.5 Å². The van der Waals surface area contributed by atoms with Crippen molar-refractivity contribution in [1.29, 1.82) is 0 Å². The molecule has 1 aliphatic rings. The van der Waals surface area contributed by atoms with Gasteiger partial charge in [-0.25, -0.2) is 0 Å². The molecule has 1 rings (SSSR count). The Kier molecular flexibility index (Phi) is 25.4. The van der Waals surface area contributed by atoms with Gasteiger partial charge in [0.05, 0.1) is 37.1 Å². The average Bonchev–Trinajstić information content (AvgIpc) is 3.01. The third-order valence-corrected chi connectivity index (χ3v) is 8.66. The van der Waals surface area contributed by atoms with Crippen molar-refractivity contribution in [3.63, 3.8) is 0 Å². The van der Waals surface area contributed by atoms with Crippen molar-refractivity contribution in [3.8, 4) is 0 Å². The van der Waals surface area contributed by atoms with Gasteiger partial charge in [0.25, 0.3) is 0 Å². The van der Waals surface area contributed by atoms with Crippen LogP contribution in [-0.2, 0) is 9.53 Å². The molecule has 0 spiro atoms. The summed E-state index contributed by atoms with van der Waals surface area (Å²) >= 11 is 0. The number of aliphatic hydroxyl groups excluding tert-OH is 5. The fourth-order valence-electron chi connectivity index (χ4n) is 5.74. The van der Waals surface area contributed by atoms with Gasteiger partial charge in [0.1, 0.15) is 0 Å². The molecule has 6 N–H and O–H groups in total. The van der Waals surface area contributed by atoms with E-state index in [1.165, 1.54) is 57.8 Å². The van der Waals surface area contributed by atoms with E-state index < -0.39 is 36.7 Å². The first-order valence-corrected chi connectivity index (χ1v) is 18.1. The topological polar surface area (TPSA) is 139 Å². The van der Waals surface area contributed by atoms with E-state index in [1.54, 1.807) is 18.2 Å². The predicted molar refractivity (Wildman–Crippen MR) is 183 cm³/mol. The maximum absolute atomic E-state index is 12.4. The third kappa shape index (κ3) is 21.0. The molecule has 0 aliphatic carbocycles. The second-order valence-electron chi connectivity index (χ2n) is 12.8. The van der Waals surface area contributed by atoms with Gasteiger partial charge in [-0.3, -0.25) is 4.79 Å². The molecule has 0 aromatic rings. The Morgan fingerprint density at radius 2 is 1.44 bits per heavy atom. The standard InChI is InChI=1S/C37H67NO7/c1-3-5-7-8-9-10-11-12-13-14-15-20-24-33(41)32(29-39)38-36(43)25-21-17-16-19-23-31-34(42)28-37(44)45-35(31)27-26-30(40)22-18-6-4-2/h16,19-20,24,26-27,30-35,37,39-42,44H,3-15,17-18,21-23,25,28-29H2,1-2H3,(H,38,43)/b19-16-,24-20+,27-26+/t30-,31-,32-,33+,34-,35+,37?/m0/s1. The summed E-state index contributed by atoms with van der Waals surface area (Å²) in [5.41, 5.74) is 0. The minimum Gasteiger partial charge on any atom is -0.394 e. The molecule has 8 nitrogen and oxygen atoms in total. The molecule has 1 heterocycles. The minimum atomic E-state index is -1.04. The molecule has 262 valence electrons. The average molecular weight is 638 g/mol. The van der Waals surface area contributed by atoms with Crippen molar-refractivity contribution in [2.24, 2.45) is 5.92 Å². The molecule has 1 unspecified atom stereocenters. The Labute approximate surface area is 274 Å². The number of nitrogens with one attached hydrogen (secondary N) is 1. The Morgan fingerprint density at radius 1 is 0.822 bits per heavy atom. The lowest BCUT2D eigenvalue weighted by atomic mass is 9.87. The van der Waals surface area contributed by atoms with Crippen LogP contribution in [-0.4, -0.2) is 74.8 Å². The third-order valence-electron chi connectivity index (χ3n) is 8.66. The molecule has 8 heteroatoms. The second-order valence-corrected chi connectivity index (χ2v) is 12.8. The van der Waals surface area contributed by atoms with Crippen LogP contribution >= 0.6 is 0 Å². The molecule has 0 bridgehead atoms. The van der Waals surface area contributed by atoms with Gasteiger partial charge in [-0.1, -0.05) is 127 Å². The van der Waals surface area contributed by atoms with Crippen molar-refractivity contribution in [2.75, 3.05) is 6.61 Å². The largest absolute Gasteiger partial charge is 0.394 e. The van der Waals surface area contributed by atoms with Crippen LogP contribution < -0.4 is 5.32 Å². The van der Waals surface area contributed by atoms with Crippen LogP contribution in [0.4, 0.5) is 0 Å². The van der Waals surface area contributed by atoms with E-state index in [4.69, 9.17) is 4.74 Å². The van der Waals surface area contributed by atoms with Gasteiger partial charge >= 0.3 is 0 Å². The first-order valence-electron chi connectivity index (χ1n) is 18.1. The number of unbranched alkanes of at least 4 members (excludes halogenated alkanes) is 13. The van der Waals surface area contributed by atoms with E-state index in [0.29, 0.717) is 25.7 Å². The summed E-state index contributed by atoms with van der Waals surface area (Å²) in [6.45, 7) is 4.03. The Bertz CT molecular complexity index is 802. The van der Waals surface area contributed by atoms with E-state index >= 15 is 0 Å². The molecular formula is C37H67NO7. The number of carbonyl (C=O) groups excluding carboxylic acids is 1. The smallest absolute Gasteiger partial charge is 0.220 e. The van der Waals surface area contributed by atoms with Crippen LogP contribution in [0.2, 0.25) is 0 Å². The van der Waals surface area contributed by atoms with E-state index in [0.717, 1.165) is 32.1 Å². The van der Waals surface area contributed by atoms with Crippen molar-refractivity contribution in [2.45, 2.75) is 179 Å². The molecule has 1 saturated heterocycles. The number of amides is 1. The molecule has 1 aliphatic heterocycles. The first-order chi connectivity index (χ1) is 21.8. The lowest BCUT2D eigenvalue weighted by Crippen LogP contribution is -2.45. The summed E-state index contributed by atoms with van der Waals surface area (Å²) in [6.07, 6.45) is 27.0. The van der Waals surface area contributed by atoms with Gasteiger partial charge < -0.3 is 35.6 Å². The van der Waals surface area contributed by atoms with E-state index in [-0.39, 0.29) is 31.3 Å². The van der Waals surface area contributed by atoms with Crippen molar-refractivity contribution >= 4 is 5.91 Å². The van der Waals surface area contributed by atoms with Crippen LogP contribution in [0.3, 0.4) is 0 Å². The van der Waals surface area contributed by atoms with Gasteiger partial charge in [-0.15, -0.1) is 0 Å². The number of hydrogen-bond acceptors (Lipinski definition) is 7. The predicted octanol–water partition coefficient (Wildman–Crippen LogP) is 6.39. The summed E-state index contributed by atoms with van der Waals surface area (Å²) in [6, 6.07) is -0.727. The van der Waals surface area contributed by atoms with Gasteiger partial charge in [0, 0.05) is 18.8 Å². The van der Waals surface area contributed by atoms with Gasteiger partial charge in [-0.2, -0.15) is 0 Å².